The van der Waals surface area contributed by atoms with Crippen LogP contribution in [0.2, 0.25) is 0 Å². The van der Waals surface area contributed by atoms with Crippen molar-refractivity contribution in [3.05, 3.63) is 0 Å². The molecule has 0 aliphatic heterocycles. The van der Waals surface area contributed by atoms with Gasteiger partial charge in [-0.2, -0.15) is 0 Å². The average Bonchev–Trinajstić information content (AvgIpc) is 2.30. The molecule has 0 heterocycles. The molecule has 0 aliphatic rings. The molecule has 0 saturated carbocycles. The Kier molecular flexibility index (Phi) is 15.1. The Labute approximate surface area is 99.6 Å². The van der Waals surface area contributed by atoms with Crippen molar-refractivity contribution in [2.45, 2.75) is 39.5 Å². The maximum absolute atomic E-state index is 10.4. The minimum absolute atomic E-state index is 0.750. The van der Waals surface area contributed by atoms with Crippen LogP contribution >= 0.6 is 0 Å². The molecule has 0 aromatic rings. The summed E-state index contributed by atoms with van der Waals surface area (Å²) in [6.45, 7) is 6.14. The highest BCUT2D eigenvalue weighted by atomic mass is 16.1. The SMILES string of the molecule is CCCCN(C=O)CCCC.CN(C)C=O. The second-order valence-corrected chi connectivity index (χ2v) is 3.92. The molecule has 0 unspecified atom stereocenters. The van der Waals surface area contributed by atoms with Gasteiger partial charge in [0.05, 0.1) is 0 Å². The maximum atomic E-state index is 10.4. The average molecular weight is 230 g/mol. The number of hydrogen-bond donors (Lipinski definition) is 0. The first-order chi connectivity index (χ1) is 7.62. The standard InChI is InChI=1S/C9H19NO.C3H7NO/c1-3-5-7-10(9-11)8-6-4-2;1-4(2)3-5/h9H,3-8H2,1-2H3;3H,1-2H3. The quantitative estimate of drug-likeness (QED) is 0.596. The smallest absolute Gasteiger partial charge is 0.209 e. The van der Waals surface area contributed by atoms with Crippen molar-refractivity contribution in [1.82, 2.24) is 9.80 Å². The van der Waals surface area contributed by atoms with Crippen molar-refractivity contribution in [2.75, 3.05) is 27.2 Å². The van der Waals surface area contributed by atoms with Crippen LogP contribution in [0.15, 0.2) is 0 Å². The van der Waals surface area contributed by atoms with E-state index in [1.165, 1.54) is 4.90 Å². The van der Waals surface area contributed by atoms with Crippen LogP contribution in [0, 0.1) is 0 Å². The molecule has 0 aromatic heterocycles. The molecule has 0 atom stereocenters. The molecule has 0 saturated heterocycles. The number of carbonyl (C=O) groups excluding carboxylic acids is 2. The lowest BCUT2D eigenvalue weighted by Crippen LogP contribution is -2.24. The Morgan fingerprint density at radius 3 is 1.44 bits per heavy atom. The summed E-state index contributed by atoms with van der Waals surface area (Å²) in [7, 11) is 3.38. The molecule has 0 aromatic carbocycles. The lowest BCUT2D eigenvalue weighted by atomic mass is 10.3. The number of unbranched alkanes of at least 4 members (excludes halogenated alkanes) is 2. The topological polar surface area (TPSA) is 40.6 Å². The summed E-state index contributed by atoms with van der Waals surface area (Å²) < 4.78 is 0. The van der Waals surface area contributed by atoms with Gasteiger partial charge in [0.15, 0.2) is 0 Å². The predicted octanol–water partition coefficient (Wildman–Crippen LogP) is 1.75. The van der Waals surface area contributed by atoms with Crippen molar-refractivity contribution >= 4 is 12.8 Å². The van der Waals surface area contributed by atoms with Gasteiger partial charge in [-0.05, 0) is 12.8 Å². The van der Waals surface area contributed by atoms with E-state index >= 15 is 0 Å². The van der Waals surface area contributed by atoms with Gasteiger partial charge >= 0.3 is 0 Å². The highest BCUT2D eigenvalue weighted by molar-refractivity contribution is 5.46. The van der Waals surface area contributed by atoms with Gasteiger partial charge in [-0.25, -0.2) is 0 Å². The summed E-state index contributed by atoms with van der Waals surface area (Å²) in [4.78, 5) is 23.2. The summed E-state index contributed by atoms with van der Waals surface area (Å²) >= 11 is 0. The fourth-order valence-corrected chi connectivity index (χ4v) is 0.940. The zero-order valence-corrected chi connectivity index (χ0v) is 11.1. The van der Waals surface area contributed by atoms with E-state index in [1.807, 2.05) is 4.90 Å². The van der Waals surface area contributed by atoms with Gasteiger partial charge in [-0.15, -0.1) is 0 Å². The third kappa shape index (κ3) is 15.4. The zero-order valence-electron chi connectivity index (χ0n) is 11.1. The molecule has 0 radical (unpaired) electrons. The van der Waals surface area contributed by atoms with Crippen molar-refractivity contribution < 1.29 is 9.59 Å². The Hall–Kier alpha value is -1.06. The Morgan fingerprint density at radius 2 is 1.25 bits per heavy atom. The van der Waals surface area contributed by atoms with E-state index in [4.69, 9.17) is 0 Å². The van der Waals surface area contributed by atoms with E-state index in [9.17, 15) is 9.59 Å². The lowest BCUT2D eigenvalue weighted by Gasteiger charge is -2.15. The maximum Gasteiger partial charge on any atom is 0.209 e. The highest BCUT2D eigenvalue weighted by Gasteiger charge is 1.97. The van der Waals surface area contributed by atoms with Crippen molar-refractivity contribution in [3.63, 3.8) is 0 Å². The van der Waals surface area contributed by atoms with E-state index < -0.39 is 0 Å². The lowest BCUT2D eigenvalue weighted by molar-refractivity contribution is -0.118. The number of rotatable bonds is 8. The van der Waals surface area contributed by atoms with Gasteiger partial charge < -0.3 is 9.80 Å². The summed E-state index contributed by atoms with van der Waals surface area (Å²) in [5, 5.41) is 0. The summed E-state index contributed by atoms with van der Waals surface area (Å²) in [5.74, 6) is 0. The van der Waals surface area contributed by atoms with Gasteiger partial charge in [0.2, 0.25) is 12.8 Å². The summed E-state index contributed by atoms with van der Waals surface area (Å²) in [6.07, 6.45) is 6.29. The molecule has 0 bridgehead atoms. The molecule has 0 fully saturated rings. The van der Waals surface area contributed by atoms with Crippen LogP contribution in [-0.4, -0.2) is 49.8 Å². The van der Waals surface area contributed by atoms with Crippen LogP contribution in [0.3, 0.4) is 0 Å². The van der Waals surface area contributed by atoms with Crippen LogP contribution in [0.1, 0.15) is 39.5 Å². The van der Waals surface area contributed by atoms with Gasteiger partial charge in [-0.3, -0.25) is 9.59 Å². The number of hydrogen-bond acceptors (Lipinski definition) is 2. The first-order valence-corrected chi connectivity index (χ1v) is 5.93. The molecule has 96 valence electrons. The highest BCUT2D eigenvalue weighted by Crippen LogP contribution is 1.95. The minimum Gasteiger partial charge on any atom is -0.351 e. The fraction of sp³-hybridized carbons (Fsp3) is 0.833. The molecular formula is C12H26N2O2. The summed E-state index contributed by atoms with van der Waals surface area (Å²) in [6, 6.07) is 0. The molecule has 0 spiro atoms. The third-order valence-corrected chi connectivity index (χ3v) is 1.96. The molecule has 0 rings (SSSR count). The number of carbonyl (C=O) groups is 2. The Morgan fingerprint density at radius 1 is 0.875 bits per heavy atom. The molecule has 2 amide bonds. The minimum atomic E-state index is 0.750. The van der Waals surface area contributed by atoms with Crippen LogP contribution in [0.5, 0.6) is 0 Å². The number of nitrogens with zero attached hydrogens (tertiary/aromatic N) is 2. The van der Waals surface area contributed by atoms with Crippen molar-refractivity contribution in [2.24, 2.45) is 0 Å². The van der Waals surface area contributed by atoms with Crippen LogP contribution in [-0.2, 0) is 9.59 Å². The molecule has 0 aliphatic carbocycles. The van der Waals surface area contributed by atoms with E-state index in [-0.39, 0.29) is 0 Å². The molecule has 0 N–H and O–H groups in total. The Bertz CT molecular complexity index is 153. The first-order valence-electron chi connectivity index (χ1n) is 5.93. The predicted molar refractivity (Wildman–Crippen MR) is 67.2 cm³/mol. The van der Waals surface area contributed by atoms with E-state index in [1.54, 1.807) is 14.1 Å². The van der Waals surface area contributed by atoms with E-state index in [2.05, 4.69) is 13.8 Å². The zero-order chi connectivity index (χ0) is 12.8. The summed E-state index contributed by atoms with van der Waals surface area (Å²) in [5.41, 5.74) is 0. The second-order valence-electron chi connectivity index (χ2n) is 3.92. The number of amides is 2. The van der Waals surface area contributed by atoms with Crippen LogP contribution in [0.4, 0.5) is 0 Å². The van der Waals surface area contributed by atoms with Crippen LogP contribution < -0.4 is 0 Å². The largest absolute Gasteiger partial charge is 0.351 e. The van der Waals surface area contributed by atoms with Gasteiger partial charge in [0.25, 0.3) is 0 Å². The molecule has 4 heteroatoms. The monoisotopic (exact) mass is 230 g/mol. The van der Waals surface area contributed by atoms with Crippen molar-refractivity contribution in [3.8, 4) is 0 Å². The third-order valence-electron chi connectivity index (χ3n) is 1.96. The second kappa shape index (κ2) is 13.9. The molecule has 16 heavy (non-hydrogen) atoms. The fourth-order valence-electron chi connectivity index (χ4n) is 0.940. The first kappa shape index (κ1) is 17.3. The Balaban J connectivity index is 0. The van der Waals surface area contributed by atoms with E-state index in [0.717, 1.165) is 51.6 Å². The van der Waals surface area contributed by atoms with Gasteiger partial charge in [0.1, 0.15) is 0 Å². The van der Waals surface area contributed by atoms with Gasteiger partial charge in [0, 0.05) is 27.2 Å². The molecule has 4 nitrogen and oxygen atoms in total. The van der Waals surface area contributed by atoms with Crippen LogP contribution in [0.25, 0.3) is 0 Å². The van der Waals surface area contributed by atoms with E-state index in [0.29, 0.717) is 0 Å². The van der Waals surface area contributed by atoms with Gasteiger partial charge in [-0.1, -0.05) is 26.7 Å². The normalized spacial score (nSPS) is 8.75. The van der Waals surface area contributed by atoms with Crippen molar-refractivity contribution in [1.29, 1.82) is 0 Å². The molecular weight excluding hydrogens is 204 g/mol.